The first kappa shape index (κ1) is 15.1. The fourth-order valence-corrected chi connectivity index (χ4v) is 2.68. The van der Waals surface area contributed by atoms with Gasteiger partial charge in [0, 0.05) is 10.9 Å². The van der Waals surface area contributed by atoms with Gasteiger partial charge in [0.2, 0.25) is 5.71 Å². The molecule has 1 aliphatic rings. The van der Waals surface area contributed by atoms with Crippen LogP contribution >= 0.6 is 11.6 Å². The van der Waals surface area contributed by atoms with Gasteiger partial charge in [0.1, 0.15) is 5.39 Å². The Labute approximate surface area is 128 Å². The van der Waals surface area contributed by atoms with Crippen molar-refractivity contribution in [2.75, 3.05) is 0 Å². The largest absolute Gasteiger partial charge is 0.403 e. The van der Waals surface area contributed by atoms with Crippen molar-refractivity contribution >= 4 is 22.7 Å². The van der Waals surface area contributed by atoms with Gasteiger partial charge in [-0.1, -0.05) is 0 Å². The Balaban J connectivity index is 1.98. The van der Waals surface area contributed by atoms with Crippen molar-refractivity contribution in [1.82, 2.24) is 9.97 Å². The second-order valence-electron chi connectivity index (χ2n) is 5.53. The normalized spacial score (nSPS) is 16.4. The highest BCUT2D eigenvalue weighted by atomic mass is 35.5. The highest BCUT2D eigenvalue weighted by molar-refractivity contribution is 6.25. The molecule has 8 heteroatoms. The zero-order chi connectivity index (χ0) is 15.9. The summed E-state index contributed by atoms with van der Waals surface area (Å²) in [4.78, 5) is 28.9. The maximum absolute atomic E-state index is 12.6. The van der Waals surface area contributed by atoms with Gasteiger partial charge in [0.05, 0.1) is 0 Å². The standard InChI is InChI=1S/C14H13ClF2N2O3/c15-14(4-5-14)3-1-2-7-6-8(20)22-13-9(7)12(21)18-11(19-13)10(16)17/h6,10H,1-5H2,(H,18,19,21). The smallest absolute Gasteiger partial charge is 0.337 e. The van der Waals surface area contributed by atoms with Crippen LogP contribution in [0.1, 0.15) is 43.5 Å². The van der Waals surface area contributed by atoms with Gasteiger partial charge >= 0.3 is 5.63 Å². The lowest BCUT2D eigenvalue weighted by Crippen LogP contribution is -2.16. The number of nitrogens with one attached hydrogen (secondary N) is 1. The van der Waals surface area contributed by atoms with Gasteiger partial charge in [-0.15, -0.1) is 11.6 Å². The number of fused-ring (bicyclic) bond motifs is 1. The summed E-state index contributed by atoms with van der Waals surface area (Å²) in [6.07, 6.45) is 0.889. The molecule has 1 saturated carbocycles. The molecule has 0 aliphatic heterocycles. The van der Waals surface area contributed by atoms with E-state index in [1.54, 1.807) is 0 Å². The average molecular weight is 331 g/mol. The van der Waals surface area contributed by atoms with E-state index in [0.29, 0.717) is 18.4 Å². The van der Waals surface area contributed by atoms with Crippen LogP contribution < -0.4 is 11.2 Å². The highest BCUT2D eigenvalue weighted by Gasteiger charge is 2.39. The third-order valence-electron chi connectivity index (χ3n) is 3.79. The van der Waals surface area contributed by atoms with Crippen LogP contribution in [-0.2, 0) is 6.42 Å². The molecule has 0 bridgehead atoms. The third-order valence-corrected chi connectivity index (χ3v) is 4.35. The van der Waals surface area contributed by atoms with E-state index >= 15 is 0 Å². The van der Waals surface area contributed by atoms with Gasteiger partial charge in [0.25, 0.3) is 12.0 Å². The van der Waals surface area contributed by atoms with Gasteiger partial charge in [-0.25, -0.2) is 13.6 Å². The number of alkyl halides is 3. The Hall–Kier alpha value is -1.76. The molecule has 2 aromatic rings. The molecule has 0 unspecified atom stereocenters. The van der Waals surface area contributed by atoms with Crippen molar-refractivity contribution in [1.29, 1.82) is 0 Å². The van der Waals surface area contributed by atoms with Gasteiger partial charge in [-0.2, -0.15) is 4.98 Å². The van der Waals surface area contributed by atoms with Crippen LogP contribution in [0.2, 0.25) is 0 Å². The molecule has 0 saturated heterocycles. The molecule has 5 nitrogen and oxygen atoms in total. The summed E-state index contributed by atoms with van der Waals surface area (Å²) in [6.45, 7) is 0. The molecule has 0 aromatic carbocycles. The van der Waals surface area contributed by atoms with E-state index in [4.69, 9.17) is 16.0 Å². The van der Waals surface area contributed by atoms with Gasteiger partial charge in [-0.3, -0.25) is 4.79 Å². The van der Waals surface area contributed by atoms with Crippen molar-refractivity contribution in [2.24, 2.45) is 0 Å². The third kappa shape index (κ3) is 3.04. The number of H-pyrrole nitrogens is 1. The zero-order valence-electron chi connectivity index (χ0n) is 11.5. The Morgan fingerprint density at radius 1 is 1.41 bits per heavy atom. The van der Waals surface area contributed by atoms with Crippen LogP contribution in [0.5, 0.6) is 0 Å². The molecular formula is C14H13ClF2N2O3. The topological polar surface area (TPSA) is 76.0 Å². The molecule has 0 spiro atoms. The number of rotatable bonds is 5. The molecule has 1 fully saturated rings. The number of nitrogens with zero attached hydrogens (tertiary/aromatic N) is 1. The molecule has 0 radical (unpaired) electrons. The Kier molecular flexibility index (Phi) is 3.76. The summed E-state index contributed by atoms with van der Waals surface area (Å²) in [5.41, 5.74) is -1.35. The van der Waals surface area contributed by atoms with E-state index in [1.165, 1.54) is 6.07 Å². The van der Waals surface area contributed by atoms with E-state index in [9.17, 15) is 18.4 Å². The van der Waals surface area contributed by atoms with Crippen molar-refractivity contribution < 1.29 is 13.2 Å². The summed E-state index contributed by atoms with van der Waals surface area (Å²) >= 11 is 6.20. The lowest BCUT2D eigenvalue weighted by Gasteiger charge is -2.07. The molecule has 118 valence electrons. The fourth-order valence-electron chi connectivity index (χ4n) is 2.45. The minimum absolute atomic E-state index is 0.0448. The monoisotopic (exact) mass is 330 g/mol. The number of hydrogen-bond donors (Lipinski definition) is 1. The average Bonchev–Trinajstić information content (AvgIpc) is 3.15. The number of aromatic nitrogens is 2. The van der Waals surface area contributed by atoms with Gasteiger partial charge in [-0.05, 0) is 37.7 Å². The first-order valence-corrected chi connectivity index (χ1v) is 7.30. The predicted molar refractivity (Wildman–Crippen MR) is 76.6 cm³/mol. The Morgan fingerprint density at radius 3 is 2.77 bits per heavy atom. The second-order valence-corrected chi connectivity index (χ2v) is 6.33. The lowest BCUT2D eigenvalue weighted by molar-refractivity contribution is 0.140. The minimum atomic E-state index is -2.95. The zero-order valence-corrected chi connectivity index (χ0v) is 12.3. The maximum Gasteiger partial charge on any atom is 0.337 e. The van der Waals surface area contributed by atoms with Crippen molar-refractivity contribution in [3.05, 3.63) is 38.2 Å². The van der Waals surface area contributed by atoms with Gasteiger partial charge < -0.3 is 9.40 Å². The molecule has 1 aliphatic carbocycles. The summed E-state index contributed by atoms with van der Waals surface area (Å²) in [6, 6.07) is 1.20. The van der Waals surface area contributed by atoms with E-state index in [2.05, 4.69) is 4.98 Å². The number of halogens is 3. The highest BCUT2D eigenvalue weighted by Crippen LogP contribution is 2.46. The molecule has 2 heterocycles. The van der Waals surface area contributed by atoms with E-state index in [0.717, 1.165) is 19.3 Å². The first-order valence-electron chi connectivity index (χ1n) is 6.92. The van der Waals surface area contributed by atoms with Crippen LogP contribution in [0, 0.1) is 0 Å². The number of aryl methyl sites for hydroxylation is 1. The maximum atomic E-state index is 12.6. The lowest BCUT2D eigenvalue weighted by atomic mass is 10.0. The molecule has 0 atom stereocenters. The molecule has 22 heavy (non-hydrogen) atoms. The van der Waals surface area contributed by atoms with E-state index in [-0.39, 0.29) is 16.0 Å². The quantitative estimate of drug-likeness (QED) is 0.855. The number of hydrogen-bond acceptors (Lipinski definition) is 4. The molecule has 2 aromatic heterocycles. The molecular weight excluding hydrogens is 318 g/mol. The van der Waals surface area contributed by atoms with Crippen LogP contribution in [0.3, 0.4) is 0 Å². The molecule has 1 N–H and O–H groups in total. The van der Waals surface area contributed by atoms with E-state index < -0.39 is 23.4 Å². The number of aromatic amines is 1. The summed E-state index contributed by atoms with van der Waals surface area (Å²) in [5, 5.41) is 0.0448. The van der Waals surface area contributed by atoms with Gasteiger partial charge in [0.15, 0.2) is 5.82 Å². The van der Waals surface area contributed by atoms with Crippen LogP contribution in [-0.4, -0.2) is 14.8 Å². The predicted octanol–water partition coefficient (Wildman–Crippen LogP) is 2.91. The molecule has 3 rings (SSSR count). The van der Waals surface area contributed by atoms with Crippen LogP contribution in [0.4, 0.5) is 8.78 Å². The van der Waals surface area contributed by atoms with Crippen LogP contribution in [0.25, 0.3) is 11.1 Å². The van der Waals surface area contributed by atoms with Crippen molar-refractivity contribution in [2.45, 2.75) is 43.4 Å². The Morgan fingerprint density at radius 2 is 2.14 bits per heavy atom. The van der Waals surface area contributed by atoms with Crippen molar-refractivity contribution in [3.63, 3.8) is 0 Å². The first-order chi connectivity index (χ1) is 10.4. The Bertz CT molecular complexity index is 827. The molecule has 0 amide bonds. The second kappa shape index (κ2) is 5.46. The van der Waals surface area contributed by atoms with Crippen LogP contribution in [0.15, 0.2) is 20.1 Å². The van der Waals surface area contributed by atoms with E-state index in [1.807, 2.05) is 4.98 Å². The fraction of sp³-hybridized carbons (Fsp3) is 0.500. The van der Waals surface area contributed by atoms with Crippen molar-refractivity contribution in [3.8, 4) is 0 Å². The summed E-state index contributed by atoms with van der Waals surface area (Å²) in [5.74, 6) is -0.810. The summed E-state index contributed by atoms with van der Waals surface area (Å²) in [7, 11) is 0. The summed E-state index contributed by atoms with van der Waals surface area (Å²) < 4.78 is 30.1. The minimum Gasteiger partial charge on any atom is -0.403 e. The SMILES string of the molecule is O=c1cc(CCCC2(Cl)CC2)c2c(=O)[nH]c(C(F)F)nc2o1.